The molecule has 1 aliphatic rings. The summed E-state index contributed by atoms with van der Waals surface area (Å²) in [6.07, 6.45) is 4.65. The molecule has 0 aromatic carbocycles. The Balaban J connectivity index is 1.72. The Morgan fingerprint density at radius 1 is 1.30 bits per heavy atom. The minimum absolute atomic E-state index is 0.229. The molecule has 1 fully saturated rings. The SMILES string of the molecule is CCc1cc(NC(C)Cn2cccn2)nc(N2CCOCC2)n1. The third-order valence-electron chi connectivity index (χ3n) is 3.84. The van der Waals surface area contributed by atoms with Crippen LogP contribution in [0.15, 0.2) is 24.5 Å². The van der Waals surface area contributed by atoms with Crippen LogP contribution in [0.2, 0.25) is 0 Å². The first-order chi connectivity index (χ1) is 11.2. The molecule has 3 heterocycles. The van der Waals surface area contributed by atoms with Gasteiger partial charge in [-0.05, 0) is 19.4 Å². The lowest BCUT2D eigenvalue weighted by atomic mass is 10.3. The topological polar surface area (TPSA) is 68.1 Å². The molecular formula is C16H24N6O. The molecule has 3 rings (SSSR count). The fourth-order valence-electron chi connectivity index (χ4n) is 2.63. The number of hydrogen-bond acceptors (Lipinski definition) is 6. The Kier molecular flexibility index (Phi) is 5.07. The van der Waals surface area contributed by atoms with E-state index >= 15 is 0 Å². The summed E-state index contributed by atoms with van der Waals surface area (Å²) in [5.74, 6) is 1.67. The molecule has 7 heteroatoms. The van der Waals surface area contributed by atoms with Gasteiger partial charge in [-0.25, -0.2) is 4.98 Å². The highest BCUT2D eigenvalue weighted by atomic mass is 16.5. The van der Waals surface area contributed by atoms with Crippen molar-refractivity contribution in [1.82, 2.24) is 19.7 Å². The van der Waals surface area contributed by atoms with E-state index in [9.17, 15) is 0 Å². The van der Waals surface area contributed by atoms with Crippen LogP contribution in [0.25, 0.3) is 0 Å². The van der Waals surface area contributed by atoms with Gasteiger partial charge in [-0.2, -0.15) is 10.1 Å². The highest BCUT2D eigenvalue weighted by Crippen LogP contribution is 2.16. The zero-order valence-corrected chi connectivity index (χ0v) is 13.8. The first-order valence-electron chi connectivity index (χ1n) is 8.19. The highest BCUT2D eigenvalue weighted by molar-refractivity contribution is 5.44. The fraction of sp³-hybridized carbons (Fsp3) is 0.562. The summed E-state index contributed by atoms with van der Waals surface area (Å²) in [7, 11) is 0. The second-order valence-electron chi connectivity index (χ2n) is 5.77. The number of aryl methyl sites for hydroxylation is 1. The van der Waals surface area contributed by atoms with E-state index in [2.05, 4.69) is 34.1 Å². The van der Waals surface area contributed by atoms with Gasteiger partial charge in [-0.15, -0.1) is 0 Å². The number of rotatable bonds is 6. The average molecular weight is 316 g/mol. The quantitative estimate of drug-likeness (QED) is 0.872. The molecule has 2 aromatic rings. The van der Waals surface area contributed by atoms with E-state index in [1.54, 1.807) is 6.20 Å². The molecule has 7 nitrogen and oxygen atoms in total. The molecule has 0 saturated carbocycles. The van der Waals surface area contributed by atoms with Gasteiger partial charge < -0.3 is 15.0 Å². The van der Waals surface area contributed by atoms with E-state index < -0.39 is 0 Å². The zero-order chi connectivity index (χ0) is 16.1. The van der Waals surface area contributed by atoms with Gasteiger partial charge >= 0.3 is 0 Å². The van der Waals surface area contributed by atoms with Crippen LogP contribution in [-0.2, 0) is 17.7 Å². The molecule has 1 atom stereocenters. The number of morpholine rings is 1. The molecule has 0 radical (unpaired) electrons. The van der Waals surface area contributed by atoms with Crippen molar-refractivity contribution in [2.24, 2.45) is 0 Å². The van der Waals surface area contributed by atoms with Crippen LogP contribution in [0.3, 0.4) is 0 Å². The molecule has 0 amide bonds. The van der Waals surface area contributed by atoms with Crippen LogP contribution in [0.5, 0.6) is 0 Å². The highest BCUT2D eigenvalue weighted by Gasteiger charge is 2.16. The van der Waals surface area contributed by atoms with Gasteiger partial charge in [-0.3, -0.25) is 4.68 Å². The third kappa shape index (κ3) is 4.19. The number of anilines is 2. The Labute approximate surface area is 136 Å². The molecule has 1 aliphatic heterocycles. The van der Waals surface area contributed by atoms with E-state index in [0.717, 1.165) is 56.7 Å². The van der Waals surface area contributed by atoms with Crippen LogP contribution in [0.1, 0.15) is 19.5 Å². The summed E-state index contributed by atoms with van der Waals surface area (Å²) in [5.41, 5.74) is 1.05. The number of nitrogens with zero attached hydrogens (tertiary/aromatic N) is 5. The van der Waals surface area contributed by atoms with Crippen LogP contribution in [0.4, 0.5) is 11.8 Å². The molecule has 0 spiro atoms. The van der Waals surface area contributed by atoms with Gasteiger partial charge in [-0.1, -0.05) is 6.92 Å². The number of nitrogens with one attached hydrogen (secondary N) is 1. The van der Waals surface area contributed by atoms with Gasteiger partial charge in [0.15, 0.2) is 0 Å². The molecule has 1 unspecified atom stereocenters. The smallest absolute Gasteiger partial charge is 0.227 e. The molecule has 0 aliphatic carbocycles. The predicted molar refractivity (Wildman–Crippen MR) is 89.8 cm³/mol. The molecular weight excluding hydrogens is 292 g/mol. The maximum Gasteiger partial charge on any atom is 0.227 e. The number of aromatic nitrogens is 4. The van der Waals surface area contributed by atoms with Crippen molar-refractivity contribution < 1.29 is 4.74 Å². The first-order valence-corrected chi connectivity index (χ1v) is 8.19. The van der Waals surface area contributed by atoms with E-state index in [-0.39, 0.29) is 6.04 Å². The summed E-state index contributed by atoms with van der Waals surface area (Å²) in [4.78, 5) is 11.5. The minimum atomic E-state index is 0.229. The molecule has 0 bridgehead atoms. The van der Waals surface area contributed by atoms with Crippen molar-refractivity contribution >= 4 is 11.8 Å². The second kappa shape index (κ2) is 7.41. The van der Waals surface area contributed by atoms with Gasteiger partial charge in [0.1, 0.15) is 5.82 Å². The monoisotopic (exact) mass is 316 g/mol. The van der Waals surface area contributed by atoms with Crippen LogP contribution < -0.4 is 10.2 Å². The van der Waals surface area contributed by atoms with E-state index in [4.69, 9.17) is 9.72 Å². The molecule has 2 aromatic heterocycles. The summed E-state index contributed by atoms with van der Waals surface area (Å²) < 4.78 is 7.33. The minimum Gasteiger partial charge on any atom is -0.378 e. The van der Waals surface area contributed by atoms with E-state index in [1.807, 2.05) is 23.0 Å². The van der Waals surface area contributed by atoms with Gasteiger partial charge in [0, 0.05) is 43.3 Å². The Bertz CT molecular complexity index is 609. The van der Waals surface area contributed by atoms with Crippen molar-refractivity contribution in [1.29, 1.82) is 0 Å². The largest absolute Gasteiger partial charge is 0.378 e. The average Bonchev–Trinajstić information content (AvgIpc) is 3.08. The van der Waals surface area contributed by atoms with Gasteiger partial charge in [0.05, 0.1) is 19.8 Å². The fourth-order valence-corrected chi connectivity index (χ4v) is 2.63. The lowest BCUT2D eigenvalue weighted by Gasteiger charge is -2.27. The summed E-state index contributed by atoms with van der Waals surface area (Å²) in [5, 5.41) is 7.71. The van der Waals surface area contributed by atoms with Crippen molar-refractivity contribution in [2.45, 2.75) is 32.9 Å². The molecule has 124 valence electrons. The summed E-state index contributed by atoms with van der Waals surface area (Å²) in [6.45, 7) is 8.19. The lowest BCUT2D eigenvalue weighted by Crippen LogP contribution is -2.37. The Morgan fingerprint density at radius 3 is 2.83 bits per heavy atom. The predicted octanol–water partition coefficient (Wildman–Crippen LogP) is 1.57. The van der Waals surface area contributed by atoms with Crippen molar-refractivity contribution in [3.8, 4) is 0 Å². The van der Waals surface area contributed by atoms with Crippen LogP contribution in [0, 0.1) is 0 Å². The lowest BCUT2D eigenvalue weighted by molar-refractivity contribution is 0.122. The van der Waals surface area contributed by atoms with Gasteiger partial charge in [0.2, 0.25) is 5.95 Å². The van der Waals surface area contributed by atoms with E-state index in [1.165, 1.54) is 0 Å². The maximum atomic E-state index is 5.41. The first kappa shape index (κ1) is 15.7. The van der Waals surface area contributed by atoms with E-state index in [0.29, 0.717) is 0 Å². The summed E-state index contributed by atoms with van der Waals surface area (Å²) in [6, 6.07) is 4.19. The van der Waals surface area contributed by atoms with Crippen LogP contribution in [-0.4, -0.2) is 52.1 Å². The maximum absolute atomic E-state index is 5.41. The number of hydrogen-bond donors (Lipinski definition) is 1. The second-order valence-corrected chi connectivity index (χ2v) is 5.77. The standard InChI is InChI=1S/C16H24N6O/c1-3-14-11-15(18-13(2)12-22-6-4-5-17-22)20-16(19-14)21-7-9-23-10-8-21/h4-6,11,13H,3,7-10,12H2,1-2H3,(H,18,19,20). The zero-order valence-electron chi connectivity index (χ0n) is 13.8. The number of ether oxygens (including phenoxy) is 1. The van der Waals surface area contributed by atoms with Crippen molar-refractivity contribution in [3.63, 3.8) is 0 Å². The molecule has 1 N–H and O–H groups in total. The Morgan fingerprint density at radius 2 is 2.13 bits per heavy atom. The molecule has 23 heavy (non-hydrogen) atoms. The molecule has 1 saturated heterocycles. The normalized spacial score (nSPS) is 16.3. The Hall–Kier alpha value is -2.15. The summed E-state index contributed by atoms with van der Waals surface area (Å²) >= 11 is 0. The third-order valence-corrected chi connectivity index (χ3v) is 3.84. The van der Waals surface area contributed by atoms with Crippen LogP contribution >= 0.6 is 0 Å². The van der Waals surface area contributed by atoms with Crippen molar-refractivity contribution in [2.75, 3.05) is 36.5 Å². The van der Waals surface area contributed by atoms with Crippen molar-refractivity contribution in [3.05, 3.63) is 30.2 Å². The van der Waals surface area contributed by atoms with Gasteiger partial charge in [0.25, 0.3) is 0 Å².